The number of carboxylic acid groups (broad SMARTS) is 1. The number of carbonyl (C=O) groups excluding carboxylic acids is 1. The zero-order valence-corrected chi connectivity index (χ0v) is 15.6. The first-order chi connectivity index (χ1) is 13.1. The molecule has 0 aliphatic heterocycles. The van der Waals surface area contributed by atoms with Crippen LogP contribution in [0, 0.1) is 5.92 Å². The average molecular weight is 379 g/mol. The van der Waals surface area contributed by atoms with E-state index in [0.717, 1.165) is 16.3 Å². The highest BCUT2D eigenvalue weighted by Gasteiger charge is 2.27. The predicted octanol–water partition coefficient (Wildman–Crippen LogP) is 3.87. The molecule has 0 saturated heterocycles. The highest BCUT2D eigenvalue weighted by atomic mass is 32.1. The fraction of sp³-hybridized carbons (Fsp3) is 0.182. The first-order valence-corrected chi connectivity index (χ1v) is 9.39. The zero-order valence-electron chi connectivity index (χ0n) is 14.7. The molecule has 3 rings (SSSR count). The van der Waals surface area contributed by atoms with Gasteiger partial charge in [-0.3, -0.25) is 4.79 Å². The molecular formula is C22H21NO3S. The van der Waals surface area contributed by atoms with Gasteiger partial charge in [-0.05, 0) is 28.3 Å². The van der Waals surface area contributed by atoms with Crippen molar-refractivity contribution < 1.29 is 14.7 Å². The first kappa shape index (κ1) is 19.0. The fourth-order valence-corrected chi connectivity index (χ4v) is 3.47. The van der Waals surface area contributed by atoms with Crippen molar-refractivity contribution in [3.05, 3.63) is 83.9 Å². The molecule has 0 aliphatic rings. The van der Waals surface area contributed by atoms with Gasteiger partial charge in [0.2, 0.25) is 5.91 Å². The minimum Gasteiger partial charge on any atom is -0.479 e. The molecule has 0 radical (unpaired) electrons. The third-order valence-electron chi connectivity index (χ3n) is 4.58. The molecule has 2 unspecified atom stereocenters. The maximum Gasteiger partial charge on any atom is 0.330 e. The molecule has 0 aromatic heterocycles. The van der Waals surface area contributed by atoms with Crippen molar-refractivity contribution in [2.75, 3.05) is 5.75 Å². The van der Waals surface area contributed by atoms with Gasteiger partial charge in [-0.1, -0.05) is 72.8 Å². The molecule has 4 nitrogen and oxygen atoms in total. The van der Waals surface area contributed by atoms with Gasteiger partial charge in [-0.15, -0.1) is 0 Å². The number of benzene rings is 3. The summed E-state index contributed by atoms with van der Waals surface area (Å²) in [6, 6.07) is 21.6. The summed E-state index contributed by atoms with van der Waals surface area (Å²) < 4.78 is 0. The number of carbonyl (C=O) groups is 2. The summed E-state index contributed by atoms with van der Waals surface area (Å²) in [5.74, 6) is -1.47. The van der Waals surface area contributed by atoms with Crippen LogP contribution in [0.5, 0.6) is 0 Å². The molecule has 0 fully saturated rings. The lowest BCUT2D eigenvalue weighted by Crippen LogP contribution is -2.39. The van der Waals surface area contributed by atoms with Crippen LogP contribution in [0.2, 0.25) is 0 Å². The summed E-state index contributed by atoms with van der Waals surface area (Å²) in [6.45, 7) is 0. The van der Waals surface area contributed by atoms with E-state index in [1.165, 1.54) is 0 Å². The Balaban J connectivity index is 1.85. The Bertz CT molecular complexity index is 937. The van der Waals surface area contributed by atoms with E-state index < -0.39 is 17.9 Å². The van der Waals surface area contributed by atoms with Crippen LogP contribution < -0.4 is 5.32 Å². The van der Waals surface area contributed by atoms with Gasteiger partial charge in [0.1, 0.15) is 0 Å². The van der Waals surface area contributed by atoms with Gasteiger partial charge in [-0.2, -0.15) is 12.6 Å². The van der Waals surface area contributed by atoms with Crippen LogP contribution in [0.15, 0.2) is 72.8 Å². The standard InChI is InChI=1S/C22H21NO3S/c24-21(17(14-27)13-15-7-2-1-3-8-15)23-20(22(25)26)19-12-6-10-16-9-4-5-11-18(16)19/h1-12,17,20,27H,13-14H2,(H,23,24)(H,25,26). The molecule has 0 heterocycles. The number of carboxylic acids is 1. The molecule has 5 heteroatoms. The Labute approximate surface area is 163 Å². The van der Waals surface area contributed by atoms with Crippen molar-refractivity contribution in [1.29, 1.82) is 0 Å². The Morgan fingerprint density at radius 1 is 0.926 bits per heavy atom. The lowest BCUT2D eigenvalue weighted by Gasteiger charge is -2.21. The summed E-state index contributed by atoms with van der Waals surface area (Å²) in [5, 5.41) is 14.2. The lowest BCUT2D eigenvalue weighted by molar-refractivity contribution is -0.142. The van der Waals surface area contributed by atoms with Crippen molar-refractivity contribution in [2.45, 2.75) is 12.5 Å². The minimum atomic E-state index is -1.11. The fourth-order valence-electron chi connectivity index (χ4n) is 3.17. The van der Waals surface area contributed by atoms with Crippen molar-refractivity contribution in [3.8, 4) is 0 Å². The maximum absolute atomic E-state index is 12.8. The number of nitrogens with one attached hydrogen (secondary N) is 1. The molecular weight excluding hydrogens is 358 g/mol. The van der Waals surface area contributed by atoms with Crippen LogP contribution >= 0.6 is 12.6 Å². The van der Waals surface area contributed by atoms with Gasteiger partial charge in [-0.25, -0.2) is 4.79 Å². The Kier molecular flexibility index (Phi) is 6.14. The number of hydrogen-bond acceptors (Lipinski definition) is 3. The summed E-state index contributed by atoms with van der Waals surface area (Å²) >= 11 is 4.30. The third kappa shape index (κ3) is 4.49. The summed E-state index contributed by atoms with van der Waals surface area (Å²) in [6.07, 6.45) is 0.512. The van der Waals surface area contributed by atoms with Gasteiger partial charge >= 0.3 is 5.97 Å². The van der Waals surface area contributed by atoms with Gasteiger partial charge < -0.3 is 10.4 Å². The lowest BCUT2D eigenvalue weighted by atomic mass is 9.96. The van der Waals surface area contributed by atoms with Crippen LogP contribution in [0.1, 0.15) is 17.2 Å². The molecule has 0 spiro atoms. The van der Waals surface area contributed by atoms with E-state index >= 15 is 0 Å². The second-order valence-corrected chi connectivity index (χ2v) is 6.78. The molecule has 0 saturated carbocycles. The predicted molar refractivity (Wildman–Crippen MR) is 110 cm³/mol. The van der Waals surface area contributed by atoms with Crippen molar-refractivity contribution >= 4 is 35.3 Å². The van der Waals surface area contributed by atoms with E-state index in [2.05, 4.69) is 17.9 Å². The van der Waals surface area contributed by atoms with Crippen molar-refractivity contribution in [3.63, 3.8) is 0 Å². The van der Waals surface area contributed by atoms with Crippen molar-refractivity contribution in [2.24, 2.45) is 5.92 Å². The molecule has 138 valence electrons. The van der Waals surface area contributed by atoms with Crippen LogP contribution in [0.3, 0.4) is 0 Å². The van der Waals surface area contributed by atoms with E-state index in [1.54, 1.807) is 12.1 Å². The maximum atomic E-state index is 12.8. The van der Waals surface area contributed by atoms with Gasteiger partial charge in [0, 0.05) is 5.75 Å². The first-order valence-electron chi connectivity index (χ1n) is 8.75. The van der Waals surface area contributed by atoms with Gasteiger partial charge in [0.05, 0.1) is 5.92 Å². The number of hydrogen-bond donors (Lipinski definition) is 3. The van der Waals surface area contributed by atoms with Gasteiger partial charge in [0.25, 0.3) is 0 Å². The molecule has 2 N–H and O–H groups in total. The van der Waals surface area contributed by atoms with Crippen LogP contribution in [0.4, 0.5) is 0 Å². The molecule has 0 aliphatic carbocycles. The molecule has 3 aromatic carbocycles. The topological polar surface area (TPSA) is 66.4 Å². The largest absolute Gasteiger partial charge is 0.479 e. The summed E-state index contributed by atoms with van der Waals surface area (Å²) in [4.78, 5) is 24.7. The Morgan fingerprint density at radius 2 is 1.59 bits per heavy atom. The Hall–Kier alpha value is -2.79. The van der Waals surface area contributed by atoms with E-state index in [-0.39, 0.29) is 5.91 Å². The van der Waals surface area contributed by atoms with Crippen molar-refractivity contribution in [1.82, 2.24) is 5.32 Å². The normalized spacial score (nSPS) is 13.1. The summed E-state index contributed by atoms with van der Waals surface area (Å²) in [7, 11) is 0. The monoisotopic (exact) mass is 379 g/mol. The van der Waals surface area contributed by atoms with E-state index in [9.17, 15) is 14.7 Å². The second-order valence-electron chi connectivity index (χ2n) is 6.42. The average Bonchev–Trinajstić information content (AvgIpc) is 2.70. The number of amides is 1. The third-order valence-corrected chi connectivity index (χ3v) is 5.02. The molecule has 3 aromatic rings. The number of fused-ring (bicyclic) bond motifs is 1. The minimum absolute atomic E-state index is 0.311. The van der Waals surface area contributed by atoms with E-state index in [1.807, 2.05) is 60.7 Å². The quantitative estimate of drug-likeness (QED) is 0.546. The number of rotatable bonds is 7. The Morgan fingerprint density at radius 3 is 2.30 bits per heavy atom. The van der Waals surface area contributed by atoms with Crippen LogP contribution in [-0.4, -0.2) is 22.7 Å². The van der Waals surface area contributed by atoms with Crippen LogP contribution in [-0.2, 0) is 16.0 Å². The molecule has 2 atom stereocenters. The van der Waals surface area contributed by atoms with E-state index in [0.29, 0.717) is 17.7 Å². The molecule has 27 heavy (non-hydrogen) atoms. The SMILES string of the molecule is O=C(NC(C(=O)O)c1cccc2ccccc12)C(CS)Cc1ccccc1. The molecule has 0 bridgehead atoms. The second kappa shape index (κ2) is 8.73. The van der Waals surface area contributed by atoms with Gasteiger partial charge in [0.15, 0.2) is 6.04 Å². The number of thiol groups is 1. The molecule has 1 amide bonds. The summed E-state index contributed by atoms with van der Waals surface area (Å²) in [5.41, 5.74) is 1.59. The highest BCUT2D eigenvalue weighted by molar-refractivity contribution is 7.80. The number of aliphatic carboxylic acids is 1. The smallest absolute Gasteiger partial charge is 0.330 e. The zero-order chi connectivity index (χ0) is 19.2. The highest BCUT2D eigenvalue weighted by Crippen LogP contribution is 2.25. The van der Waals surface area contributed by atoms with E-state index in [4.69, 9.17) is 0 Å². The van der Waals surface area contributed by atoms with Crippen LogP contribution in [0.25, 0.3) is 10.8 Å².